The van der Waals surface area contributed by atoms with Gasteiger partial charge in [-0.15, -0.1) is 0 Å². The van der Waals surface area contributed by atoms with E-state index in [2.05, 4.69) is 10.3 Å². The molecule has 4 nitrogen and oxygen atoms in total. The fourth-order valence-corrected chi connectivity index (χ4v) is 2.93. The molecule has 17 heavy (non-hydrogen) atoms. The summed E-state index contributed by atoms with van der Waals surface area (Å²) in [6, 6.07) is 3.91. The molecule has 3 N–H and O–H groups in total. The Labute approximate surface area is 105 Å². The number of nitrogens with two attached hydrogens (primary N) is 1. The molecule has 0 spiro atoms. The second-order valence-corrected chi connectivity index (χ2v) is 5.44. The molecule has 0 bridgehead atoms. The molecule has 2 heterocycles. The highest BCUT2D eigenvalue weighted by atomic mass is 32.2. The Balaban J connectivity index is 1.82. The summed E-state index contributed by atoms with van der Waals surface area (Å²) in [5.41, 5.74) is 6.93. The van der Waals surface area contributed by atoms with Gasteiger partial charge in [0.2, 0.25) is 5.91 Å². The Morgan fingerprint density at radius 3 is 2.88 bits per heavy atom. The van der Waals surface area contributed by atoms with Gasteiger partial charge in [-0.05, 0) is 36.5 Å². The van der Waals surface area contributed by atoms with E-state index >= 15 is 0 Å². The standard InChI is InChI=1S/C12H17N3OS/c13-9-1-2-11(14-8-9)7-12(16)15-10-3-5-17-6-4-10/h1-2,8,10H,3-7,13H2,(H,15,16). The van der Waals surface area contributed by atoms with Gasteiger partial charge < -0.3 is 11.1 Å². The number of nitrogens with zero attached hydrogens (tertiary/aromatic N) is 1. The second kappa shape index (κ2) is 5.91. The molecule has 0 radical (unpaired) electrons. The van der Waals surface area contributed by atoms with Crippen LogP contribution < -0.4 is 11.1 Å². The van der Waals surface area contributed by atoms with Gasteiger partial charge in [-0.1, -0.05) is 0 Å². The topological polar surface area (TPSA) is 68.0 Å². The van der Waals surface area contributed by atoms with Crippen molar-refractivity contribution in [2.24, 2.45) is 0 Å². The van der Waals surface area contributed by atoms with Crippen molar-refractivity contribution in [2.75, 3.05) is 17.2 Å². The molecule has 1 saturated heterocycles. The number of carbonyl (C=O) groups is 1. The number of pyridine rings is 1. The van der Waals surface area contributed by atoms with E-state index in [0.717, 1.165) is 30.0 Å². The van der Waals surface area contributed by atoms with E-state index in [9.17, 15) is 4.79 Å². The Morgan fingerprint density at radius 1 is 1.47 bits per heavy atom. The van der Waals surface area contributed by atoms with Crippen molar-refractivity contribution in [3.8, 4) is 0 Å². The van der Waals surface area contributed by atoms with Gasteiger partial charge in [-0.2, -0.15) is 11.8 Å². The molecule has 1 amide bonds. The molecule has 0 unspecified atom stereocenters. The van der Waals surface area contributed by atoms with Gasteiger partial charge >= 0.3 is 0 Å². The monoisotopic (exact) mass is 251 g/mol. The summed E-state index contributed by atoms with van der Waals surface area (Å²) < 4.78 is 0. The van der Waals surface area contributed by atoms with Gasteiger partial charge in [0.25, 0.3) is 0 Å². The number of nitrogens with one attached hydrogen (secondary N) is 1. The van der Waals surface area contributed by atoms with Crippen molar-refractivity contribution in [3.05, 3.63) is 24.0 Å². The maximum absolute atomic E-state index is 11.8. The maximum Gasteiger partial charge on any atom is 0.226 e. The lowest BCUT2D eigenvalue weighted by atomic mass is 10.1. The predicted octanol–water partition coefficient (Wildman–Crippen LogP) is 1.22. The lowest BCUT2D eigenvalue weighted by molar-refractivity contribution is -0.121. The van der Waals surface area contributed by atoms with Crippen molar-refractivity contribution in [2.45, 2.75) is 25.3 Å². The van der Waals surface area contributed by atoms with Crippen LogP contribution in [-0.4, -0.2) is 28.4 Å². The van der Waals surface area contributed by atoms with Crippen LogP contribution in [0.4, 0.5) is 5.69 Å². The number of anilines is 1. The fraction of sp³-hybridized carbons (Fsp3) is 0.500. The number of hydrogen-bond donors (Lipinski definition) is 2. The molecule has 2 rings (SSSR count). The van der Waals surface area contributed by atoms with E-state index in [-0.39, 0.29) is 5.91 Å². The molecular formula is C12H17N3OS. The van der Waals surface area contributed by atoms with Crippen LogP contribution in [0.5, 0.6) is 0 Å². The first-order valence-corrected chi connectivity index (χ1v) is 6.97. The van der Waals surface area contributed by atoms with Crippen LogP contribution in [0.1, 0.15) is 18.5 Å². The largest absolute Gasteiger partial charge is 0.397 e. The van der Waals surface area contributed by atoms with Crippen LogP contribution in [0.15, 0.2) is 18.3 Å². The van der Waals surface area contributed by atoms with Crippen LogP contribution in [0.25, 0.3) is 0 Å². The first kappa shape index (κ1) is 12.2. The molecule has 5 heteroatoms. The number of aromatic nitrogens is 1. The van der Waals surface area contributed by atoms with Crippen molar-refractivity contribution >= 4 is 23.4 Å². The molecule has 1 aliphatic rings. The summed E-state index contributed by atoms with van der Waals surface area (Å²) in [5.74, 6) is 2.34. The van der Waals surface area contributed by atoms with Gasteiger partial charge in [0, 0.05) is 11.7 Å². The molecule has 1 fully saturated rings. The highest BCUT2D eigenvalue weighted by molar-refractivity contribution is 7.99. The Hall–Kier alpha value is -1.23. The first-order valence-electron chi connectivity index (χ1n) is 5.81. The average molecular weight is 251 g/mol. The lowest BCUT2D eigenvalue weighted by Gasteiger charge is -2.22. The molecule has 1 aromatic rings. The summed E-state index contributed by atoms with van der Waals surface area (Å²) in [5, 5.41) is 3.06. The van der Waals surface area contributed by atoms with Gasteiger partial charge in [-0.25, -0.2) is 0 Å². The number of thioether (sulfide) groups is 1. The summed E-state index contributed by atoms with van der Waals surface area (Å²) in [6.07, 6.45) is 4.07. The summed E-state index contributed by atoms with van der Waals surface area (Å²) in [4.78, 5) is 15.9. The van der Waals surface area contributed by atoms with Crippen molar-refractivity contribution in [3.63, 3.8) is 0 Å². The van der Waals surface area contributed by atoms with E-state index < -0.39 is 0 Å². The summed E-state index contributed by atoms with van der Waals surface area (Å²) >= 11 is 1.95. The lowest BCUT2D eigenvalue weighted by Crippen LogP contribution is -2.38. The quantitative estimate of drug-likeness (QED) is 0.847. The molecule has 0 saturated carbocycles. The predicted molar refractivity (Wildman–Crippen MR) is 70.8 cm³/mol. The minimum Gasteiger partial charge on any atom is -0.397 e. The number of nitrogen functional groups attached to an aromatic ring is 1. The highest BCUT2D eigenvalue weighted by Gasteiger charge is 2.16. The molecular weight excluding hydrogens is 234 g/mol. The van der Waals surface area contributed by atoms with Crippen molar-refractivity contribution < 1.29 is 4.79 Å². The number of amides is 1. The van der Waals surface area contributed by atoms with E-state index in [1.807, 2.05) is 11.8 Å². The van der Waals surface area contributed by atoms with Crippen LogP contribution in [-0.2, 0) is 11.2 Å². The van der Waals surface area contributed by atoms with Crippen LogP contribution in [0.3, 0.4) is 0 Å². The minimum absolute atomic E-state index is 0.0548. The second-order valence-electron chi connectivity index (χ2n) is 4.21. The van der Waals surface area contributed by atoms with Crippen LogP contribution >= 0.6 is 11.8 Å². The summed E-state index contributed by atoms with van der Waals surface area (Å²) in [6.45, 7) is 0. The van der Waals surface area contributed by atoms with Crippen LogP contribution in [0, 0.1) is 0 Å². The summed E-state index contributed by atoms with van der Waals surface area (Å²) in [7, 11) is 0. The average Bonchev–Trinajstić information content (AvgIpc) is 2.33. The SMILES string of the molecule is Nc1ccc(CC(=O)NC2CCSCC2)nc1. The molecule has 92 valence electrons. The first-order chi connectivity index (χ1) is 8.24. The molecule has 0 aromatic carbocycles. The van der Waals surface area contributed by atoms with Crippen LogP contribution in [0.2, 0.25) is 0 Å². The number of rotatable bonds is 3. The number of hydrogen-bond acceptors (Lipinski definition) is 4. The zero-order chi connectivity index (χ0) is 12.1. The van der Waals surface area contributed by atoms with E-state index in [1.54, 1.807) is 18.3 Å². The maximum atomic E-state index is 11.8. The Morgan fingerprint density at radius 2 is 2.24 bits per heavy atom. The van der Waals surface area contributed by atoms with Gasteiger partial charge in [0.15, 0.2) is 0 Å². The normalized spacial score (nSPS) is 16.7. The van der Waals surface area contributed by atoms with Crippen molar-refractivity contribution in [1.29, 1.82) is 0 Å². The molecule has 1 aliphatic heterocycles. The molecule has 0 atom stereocenters. The highest BCUT2D eigenvalue weighted by Crippen LogP contribution is 2.16. The van der Waals surface area contributed by atoms with Crippen molar-refractivity contribution in [1.82, 2.24) is 10.3 Å². The Kier molecular flexibility index (Phi) is 4.25. The van der Waals surface area contributed by atoms with Gasteiger partial charge in [-0.3, -0.25) is 9.78 Å². The van der Waals surface area contributed by atoms with E-state index in [0.29, 0.717) is 18.2 Å². The number of carbonyl (C=O) groups excluding carboxylic acids is 1. The molecule has 0 aliphatic carbocycles. The smallest absolute Gasteiger partial charge is 0.226 e. The zero-order valence-electron chi connectivity index (χ0n) is 9.69. The fourth-order valence-electron chi connectivity index (χ4n) is 1.83. The molecule has 1 aromatic heterocycles. The van der Waals surface area contributed by atoms with E-state index in [4.69, 9.17) is 5.73 Å². The zero-order valence-corrected chi connectivity index (χ0v) is 10.5. The third-order valence-corrected chi connectivity index (χ3v) is 3.82. The minimum atomic E-state index is 0.0548. The van der Waals surface area contributed by atoms with Gasteiger partial charge in [0.1, 0.15) is 0 Å². The third-order valence-electron chi connectivity index (χ3n) is 2.78. The third kappa shape index (κ3) is 3.93. The van der Waals surface area contributed by atoms with Gasteiger partial charge in [0.05, 0.1) is 18.3 Å². The Bertz CT molecular complexity index is 374. The van der Waals surface area contributed by atoms with E-state index in [1.165, 1.54) is 0 Å².